The molecular formula is C16H19N3O2. The Morgan fingerprint density at radius 3 is 2.67 bits per heavy atom. The van der Waals surface area contributed by atoms with Crippen LogP contribution in [0.15, 0.2) is 36.7 Å². The molecule has 0 aliphatic carbocycles. The molecule has 110 valence electrons. The van der Waals surface area contributed by atoms with Crippen LogP contribution >= 0.6 is 0 Å². The van der Waals surface area contributed by atoms with Gasteiger partial charge in [0.15, 0.2) is 0 Å². The summed E-state index contributed by atoms with van der Waals surface area (Å²) >= 11 is 0. The summed E-state index contributed by atoms with van der Waals surface area (Å²) in [5.74, 6) is 0.582. The molecule has 21 heavy (non-hydrogen) atoms. The predicted octanol–water partition coefficient (Wildman–Crippen LogP) is 2.82. The van der Waals surface area contributed by atoms with Crippen molar-refractivity contribution in [2.45, 2.75) is 20.3 Å². The van der Waals surface area contributed by atoms with E-state index in [0.717, 1.165) is 29.1 Å². The van der Waals surface area contributed by atoms with E-state index in [1.807, 2.05) is 31.2 Å². The first-order valence-electron chi connectivity index (χ1n) is 6.92. The molecule has 0 saturated heterocycles. The number of hydrogen-bond donors (Lipinski definition) is 1. The van der Waals surface area contributed by atoms with Crippen molar-refractivity contribution in [1.82, 2.24) is 9.97 Å². The second-order valence-electron chi connectivity index (χ2n) is 4.69. The first kappa shape index (κ1) is 15.0. The van der Waals surface area contributed by atoms with Crippen LogP contribution in [0.2, 0.25) is 0 Å². The van der Waals surface area contributed by atoms with Gasteiger partial charge in [-0.3, -0.25) is 9.78 Å². The number of esters is 1. The fraction of sp³-hybridized carbons (Fsp3) is 0.312. The third kappa shape index (κ3) is 4.56. The normalized spacial score (nSPS) is 10.2. The van der Waals surface area contributed by atoms with Crippen LogP contribution in [-0.2, 0) is 9.53 Å². The van der Waals surface area contributed by atoms with E-state index in [1.54, 1.807) is 12.4 Å². The Hall–Kier alpha value is -2.43. The molecule has 0 amide bonds. The molecule has 2 aromatic rings. The summed E-state index contributed by atoms with van der Waals surface area (Å²) in [6.07, 6.45) is 4.30. The Labute approximate surface area is 124 Å². The van der Waals surface area contributed by atoms with Crippen LogP contribution in [0.4, 0.5) is 5.82 Å². The number of nitrogens with zero attached hydrogens (tertiary/aromatic N) is 2. The second-order valence-corrected chi connectivity index (χ2v) is 4.69. The fourth-order valence-electron chi connectivity index (χ4n) is 2.00. The monoisotopic (exact) mass is 285 g/mol. The molecular weight excluding hydrogens is 266 g/mol. The Kier molecular flexibility index (Phi) is 5.26. The van der Waals surface area contributed by atoms with Crippen LogP contribution < -0.4 is 5.32 Å². The maximum Gasteiger partial charge on any atom is 0.302 e. The molecule has 0 aromatic carbocycles. The number of anilines is 1. The van der Waals surface area contributed by atoms with Crippen LogP contribution in [0.5, 0.6) is 0 Å². The molecule has 2 rings (SSSR count). The van der Waals surface area contributed by atoms with Crippen molar-refractivity contribution < 1.29 is 9.53 Å². The lowest BCUT2D eigenvalue weighted by Crippen LogP contribution is -2.09. The van der Waals surface area contributed by atoms with Crippen molar-refractivity contribution in [3.8, 4) is 11.1 Å². The molecule has 5 nitrogen and oxygen atoms in total. The van der Waals surface area contributed by atoms with E-state index in [0.29, 0.717) is 13.2 Å². The molecule has 5 heteroatoms. The first-order chi connectivity index (χ1) is 10.2. The zero-order valence-electron chi connectivity index (χ0n) is 12.3. The second kappa shape index (κ2) is 7.38. The van der Waals surface area contributed by atoms with Crippen molar-refractivity contribution in [3.63, 3.8) is 0 Å². The molecule has 0 spiro atoms. The van der Waals surface area contributed by atoms with Crippen LogP contribution in [0, 0.1) is 6.92 Å². The van der Waals surface area contributed by atoms with Crippen LogP contribution in [0.25, 0.3) is 11.1 Å². The summed E-state index contributed by atoms with van der Waals surface area (Å²) in [5, 5.41) is 3.22. The summed E-state index contributed by atoms with van der Waals surface area (Å²) in [6.45, 7) is 4.54. The zero-order valence-corrected chi connectivity index (χ0v) is 12.3. The molecule has 0 unspecified atom stereocenters. The number of rotatable bonds is 6. The summed E-state index contributed by atoms with van der Waals surface area (Å²) in [6, 6.07) is 7.94. The van der Waals surface area contributed by atoms with E-state index >= 15 is 0 Å². The molecule has 0 radical (unpaired) electrons. The van der Waals surface area contributed by atoms with Gasteiger partial charge >= 0.3 is 5.97 Å². The van der Waals surface area contributed by atoms with Gasteiger partial charge in [0.1, 0.15) is 5.82 Å². The van der Waals surface area contributed by atoms with Gasteiger partial charge in [-0.1, -0.05) is 0 Å². The Balaban J connectivity index is 1.92. The molecule has 0 atom stereocenters. The average Bonchev–Trinajstić information content (AvgIpc) is 2.47. The predicted molar refractivity (Wildman–Crippen MR) is 81.9 cm³/mol. The third-order valence-corrected chi connectivity index (χ3v) is 3.01. The highest BCUT2D eigenvalue weighted by Crippen LogP contribution is 2.22. The lowest BCUT2D eigenvalue weighted by Gasteiger charge is -2.09. The zero-order chi connectivity index (χ0) is 15.1. The Morgan fingerprint density at radius 1 is 1.24 bits per heavy atom. The highest BCUT2D eigenvalue weighted by Gasteiger charge is 2.04. The number of aryl methyl sites for hydroxylation is 1. The van der Waals surface area contributed by atoms with Gasteiger partial charge in [0.05, 0.1) is 6.61 Å². The van der Waals surface area contributed by atoms with Gasteiger partial charge in [-0.2, -0.15) is 0 Å². The molecule has 0 saturated carbocycles. The van der Waals surface area contributed by atoms with Crippen molar-refractivity contribution >= 4 is 11.8 Å². The first-order valence-corrected chi connectivity index (χ1v) is 6.92. The smallest absolute Gasteiger partial charge is 0.302 e. The van der Waals surface area contributed by atoms with Crippen LogP contribution in [-0.4, -0.2) is 29.1 Å². The van der Waals surface area contributed by atoms with Crippen molar-refractivity contribution in [3.05, 3.63) is 42.4 Å². The number of aromatic nitrogens is 2. The largest absolute Gasteiger partial charge is 0.466 e. The van der Waals surface area contributed by atoms with Gasteiger partial charge in [0.2, 0.25) is 0 Å². The minimum atomic E-state index is -0.245. The number of carbonyl (C=O) groups is 1. The number of nitrogens with one attached hydrogen (secondary N) is 1. The highest BCUT2D eigenvalue weighted by molar-refractivity contribution is 5.66. The summed E-state index contributed by atoms with van der Waals surface area (Å²) < 4.78 is 4.88. The van der Waals surface area contributed by atoms with Gasteiger partial charge in [0.25, 0.3) is 0 Å². The van der Waals surface area contributed by atoms with Crippen LogP contribution in [0.1, 0.15) is 19.0 Å². The van der Waals surface area contributed by atoms with E-state index in [9.17, 15) is 4.79 Å². The SMILES string of the molecule is CC(=O)OCCCNc1ccc(-c2ccncc2)c(C)n1. The number of ether oxygens (including phenoxy) is 1. The molecule has 0 bridgehead atoms. The number of pyridine rings is 2. The average molecular weight is 285 g/mol. The fourth-order valence-corrected chi connectivity index (χ4v) is 2.00. The minimum Gasteiger partial charge on any atom is -0.466 e. The molecule has 0 aliphatic heterocycles. The quantitative estimate of drug-likeness (QED) is 0.653. The van der Waals surface area contributed by atoms with E-state index in [-0.39, 0.29) is 5.97 Å². The van der Waals surface area contributed by atoms with E-state index in [4.69, 9.17) is 4.74 Å². The molecule has 0 aliphatic rings. The molecule has 1 N–H and O–H groups in total. The van der Waals surface area contributed by atoms with Gasteiger partial charge in [-0.05, 0) is 43.2 Å². The molecule has 2 heterocycles. The summed E-state index contributed by atoms with van der Waals surface area (Å²) in [7, 11) is 0. The summed E-state index contributed by atoms with van der Waals surface area (Å²) in [4.78, 5) is 19.2. The number of carbonyl (C=O) groups excluding carboxylic acids is 1. The van der Waals surface area contributed by atoms with Gasteiger partial charge in [-0.25, -0.2) is 4.98 Å². The van der Waals surface area contributed by atoms with Gasteiger partial charge in [0, 0.05) is 37.1 Å². The van der Waals surface area contributed by atoms with Crippen LogP contribution in [0.3, 0.4) is 0 Å². The standard InChI is InChI=1S/C16H19N3O2/c1-12-15(14-6-9-17-10-7-14)4-5-16(19-12)18-8-3-11-21-13(2)20/h4-7,9-10H,3,8,11H2,1-2H3,(H,18,19). The summed E-state index contributed by atoms with van der Waals surface area (Å²) in [5.41, 5.74) is 3.17. The van der Waals surface area contributed by atoms with Crippen molar-refractivity contribution in [2.24, 2.45) is 0 Å². The Bertz CT molecular complexity index is 600. The minimum absolute atomic E-state index is 0.245. The maximum absolute atomic E-state index is 10.6. The number of hydrogen-bond acceptors (Lipinski definition) is 5. The van der Waals surface area contributed by atoms with Gasteiger partial charge in [-0.15, -0.1) is 0 Å². The highest BCUT2D eigenvalue weighted by atomic mass is 16.5. The van der Waals surface area contributed by atoms with Gasteiger partial charge < -0.3 is 10.1 Å². The molecule has 0 fully saturated rings. The van der Waals surface area contributed by atoms with E-state index < -0.39 is 0 Å². The topological polar surface area (TPSA) is 64.1 Å². The molecule has 2 aromatic heterocycles. The van der Waals surface area contributed by atoms with E-state index in [2.05, 4.69) is 15.3 Å². The Morgan fingerprint density at radius 2 is 2.00 bits per heavy atom. The van der Waals surface area contributed by atoms with Crippen molar-refractivity contribution in [1.29, 1.82) is 0 Å². The van der Waals surface area contributed by atoms with E-state index in [1.165, 1.54) is 6.92 Å². The lowest BCUT2D eigenvalue weighted by atomic mass is 10.1. The van der Waals surface area contributed by atoms with Crippen molar-refractivity contribution in [2.75, 3.05) is 18.5 Å². The third-order valence-electron chi connectivity index (χ3n) is 3.01. The maximum atomic E-state index is 10.6. The lowest BCUT2D eigenvalue weighted by molar-refractivity contribution is -0.140.